The molecule has 0 aliphatic heterocycles. The van der Waals surface area contributed by atoms with Crippen LogP contribution in [0.1, 0.15) is 22.3 Å². The van der Waals surface area contributed by atoms with Crippen LogP contribution in [0.3, 0.4) is 0 Å². The van der Waals surface area contributed by atoms with Crippen LogP contribution in [0.25, 0.3) is 56.4 Å². The molecule has 49 heavy (non-hydrogen) atoms. The minimum atomic E-state index is -0.585. The first-order chi connectivity index (χ1) is 24.3. The molecule has 0 N–H and O–H groups in total. The average molecular weight is 626 g/mol. The van der Waals surface area contributed by atoms with Gasteiger partial charge in [-0.15, -0.1) is 0 Å². The highest BCUT2D eigenvalue weighted by atomic mass is 15.0. The van der Waals surface area contributed by atoms with Crippen molar-refractivity contribution in [2.24, 2.45) is 0 Å². The van der Waals surface area contributed by atoms with E-state index in [0.29, 0.717) is 17.5 Å². The topological polar surface area (TPSA) is 38.7 Å². The Kier molecular flexibility index (Phi) is 7.02. The minimum Gasteiger partial charge on any atom is -0.208 e. The molecule has 3 nitrogen and oxygen atoms in total. The summed E-state index contributed by atoms with van der Waals surface area (Å²) in [4.78, 5) is 15.7. The van der Waals surface area contributed by atoms with E-state index in [4.69, 9.17) is 15.0 Å². The Morgan fingerprint density at radius 3 is 1.43 bits per heavy atom. The minimum absolute atomic E-state index is 0.585. The first kappa shape index (κ1) is 28.7. The molecule has 0 radical (unpaired) electrons. The highest BCUT2D eigenvalue weighted by Crippen LogP contribution is 2.58. The van der Waals surface area contributed by atoms with Crippen LogP contribution in [0.15, 0.2) is 188 Å². The monoisotopic (exact) mass is 625 g/mol. The van der Waals surface area contributed by atoms with Crippen LogP contribution in [-0.2, 0) is 5.41 Å². The number of hydrogen-bond donors (Lipinski definition) is 0. The van der Waals surface area contributed by atoms with E-state index in [0.717, 1.165) is 27.8 Å². The molecule has 3 heteroatoms. The zero-order valence-electron chi connectivity index (χ0n) is 26.7. The highest BCUT2D eigenvalue weighted by Gasteiger charge is 2.47. The van der Waals surface area contributed by atoms with Gasteiger partial charge in [0.05, 0.1) is 5.41 Å². The highest BCUT2D eigenvalue weighted by molar-refractivity contribution is 5.92. The van der Waals surface area contributed by atoms with E-state index in [2.05, 4.69) is 164 Å². The van der Waals surface area contributed by atoms with Gasteiger partial charge in [0.2, 0.25) is 0 Å². The number of nitrogens with zero attached hydrogens (tertiary/aromatic N) is 3. The van der Waals surface area contributed by atoms with Crippen molar-refractivity contribution >= 4 is 0 Å². The Balaban J connectivity index is 1.34. The summed E-state index contributed by atoms with van der Waals surface area (Å²) in [6.07, 6.45) is 0. The van der Waals surface area contributed by atoms with Gasteiger partial charge >= 0.3 is 0 Å². The molecule has 0 saturated carbocycles. The molecule has 0 unspecified atom stereocenters. The van der Waals surface area contributed by atoms with Crippen molar-refractivity contribution in [3.05, 3.63) is 210 Å². The summed E-state index contributed by atoms with van der Waals surface area (Å²) in [6, 6.07) is 66.2. The summed E-state index contributed by atoms with van der Waals surface area (Å²) in [5.41, 5.74) is 11.8. The summed E-state index contributed by atoms with van der Waals surface area (Å²) < 4.78 is 0. The Bertz CT molecular complexity index is 2380. The van der Waals surface area contributed by atoms with Crippen molar-refractivity contribution in [3.63, 3.8) is 0 Å². The predicted octanol–water partition coefficient (Wildman–Crippen LogP) is 10.9. The van der Waals surface area contributed by atoms with Crippen LogP contribution in [0.4, 0.5) is 0 Å². The van der Waals surface area contributed by atoms with E-state index < -0.39 is 5.41 Å². The van der Waals surface area contributed by atoms with Crippen LogP contribution >= 0.6 is 0 Å². The van der Waals surface area contributed by atoms with Gasteiger partial charge in [0.25, 0.3) is 0 Å². The molecule has 9 rings (SSSR count). The van der Waals surface area contributed by atoms with Crippen LogP contribution in [0, 0.1) is 0 Å². The maximum Gasteiger partial charge on any atom is 0.164 e. The van der Waals surface area contributed by atoms with Gasteiger partial charge in [-0.3, -0.25) is 0 Å². The molecule has 0 bridgehead atoms. The molecule has 1 aliphatic carbocycles. The van der Waals surface area contributed by atoms with Crippen molar-refractivity contribution < 1.29 is 0 Å². The molecule has 230 valence electrons. The smallest absolute Gasteiger partial charge is 0.164 e. The number of hydrogen-bond acceptors (Lipinski definition) is 3. The van der Waals surface area contributed by atoms with Crippen molar-refractivity contribution in [3.8, 4) is 56.4 Å². The van der Waals surface area contributed by atoms with Crippen molar-refractivity contribution in [2.75, 3.05) is 0 Å². The molecule has 1 heterocycles. The largest absolute Gasteiger partial charge is 0.208 e. The molecule has 1 aliphatic rings. The second kappa shape index (κ2) is 12.0. The summed E-state index contributed by atoms with van der Waals surface area (Å²) in [7, 11) is 0. The average Bonchev–Trinajstić information content (AvgIpc) is 3.50. The summed E-state index contributed by atoms with van der Waals surface area (Å²) in [6.45, 7) is 0. The van der Waals surface area contributed by atoms with Crippen molar-refractivity contribution in [1.82, 2.24) is 15.0 Å². The number of fused-ring (bicyclic) bond motifs is 3. The Morgan fingerprint density at radius 2 is 0.755 bits per heavy atom. The van der Waals surface area contributed by atoms with Gasteiger partial charge in [0.1, 0.15) is 0 Å². The number of aromatic nitrogens is 3. The van der Waals surface area contributed by atoms with E-state index in [1.165, 1.54) is 33.4 Å². The lowest BCUT2D eigenvalue weighted by molar-refractivity contribution is 0.769. The Hall–Kier alpha value is -6.45. The third-order valence-electron chi connectivity index (χ3n) is 9.61. The van der Waals surface area contributed by atoms with Gasteiger partial charge < -0.3 is 0 Å². The Morgan fingerprint density at radius 1 is 0.306 bits per heavy atom. The van der Waals surface area contributed by atoms with E-state index in [9.17, 15) is 0 Å². The van der Waals surface area contributed by atoms with Gasteiger partial charge in [-0.2, -0.15) is 0 Å². The van der Waals surface area contributed by atoms with Crippen LogP contribution in [0.2, 0.25) is 0 Å². The first-order valence-corrected chi connectivity index (χ1v) is 16.6. The second-order valence-electron chi connectivity index (χ2n) is 12.4. The molecule has 7 aromatic carbocycles. The third kappa shape index (κ3) is 4.78. The number of benzene rings is 7. The summed E-state index contributed by atoms with van der Waals surface area (Å²) in [5.74, 6) is 1.93. The lowest BCUT2D eigenvalue weighted by Crippen LogP contribution is -2.29. The molecule has 8 aromatic rings. The van der Waals surface area contributed by atoms with E-state index in [1.807, 2.05) is 24.3 Å². The molecule has 0 fully saturated rings. The van der Waals surface area contributed by atoms with Crippen molar-refractivity contribution in [2.45, 2.75) is 5.41 Å². The fraction of sp³-hybridized carbons (Fsp3) is 0.0217. The predicted molar refractivity (Wildman–Crippen MR) is 199 cm³/mol. The second-order valence-corrected chi connectivity index (χ2v) is 12.4. The van der Waals surface area contributed by atoms with Crippen LogP contribution < -0.4 is 0 Å². The fourth-order valence-corrected chi connectivity index (χ4v) is 7.50. The van der Waals surface area contributed by atoms with E-state index >= 15 is 0 Å². The van der Waals surface area contributed by atoms with Gasteiger partial charge in [-0.1, -0.05) is 182 Å². The number of rotatable bonds is 6. The molecular formula is C46H31N3. The van der Waals surface area contributed by atoms with Crippen molar-refractivity contribution in [1.29, 1.82) is 0 Å². The van der Waals surface area contributed by atoms with E-state index in [-0.39, 0.29) is 0 Å². The standard InChI is InChI=1S/C46H31N3/c1-5-17-32(18-6-1)34-21-15-22-35(31-34)44-47-43(33-19-7-2-8-20-33)48-45(49-44)40-29-16-28-39-38-27-13-14-30-41(38)46(42(39)40,36-23-9-3-10-24-36)37-25-11-4-12-26-37/h1-31H. The van der Waals surface area contributed by atoms with Gasteiger partial charge in [0.15, 0.2) is 17.5 Å². The maximum absolute atomic E-state index is 5.31. The van der Waals surface area contributed by atoms with Gasteiger partial charge in [-0.05, 0) is 50.6 Å². The van der Waals surface area contributed by atoms with Crippen LogP contribution in [-0.4, -0.2) is 15.0 Å². The molecule has 1 aromatic heterocycles. The fourth-order valence-electron chi connectivity index (χ4n) is 7.50. The quantitative estimate of drug-likeness (QED) is 0.185. The lowest BCUT2D eigenvalue weighted by Gasteiger charge is -2.35. The van der Waals surface area contributed by atoms with E-state index in [1.54, 1.807) is 0 Å². The molecular weight excluding hydrogens is 595 g/mol. The SMILES string of the molecule is c1ccc(-c2cccc(-c3nc(-c4ccccc4)nc(-c4cccc5c4C(c4ccccc4)(c4ccccc4)c4ccccc4-5)n3)c2)cc1. The molecule has 0 amide bonds. The Labute approximate surface area is 286 Å². The third-order valence-corrected chi connectivity index (χ3v) is 9.61. The zero-order chi connectivity index (χ0) is 32.6. The zero-order valence-corrected chi connectivity index (χ0v) is 26.7. The molecule has 0 atom stereocenters. The lowest BCUT2D eigenvalue weighted by atomic mass is 9.66. The van der Waals surface area contributed by atoms with Gasteiger partial charge in [-0.25, -0.2) is 15.0 Å². The maximum atomic E-state index is 5.31. The van der Waals surface area contributed by atoms with Gasteiger partial charge in [0, 0.05) is 16.7 Å². The molecule has 0 spiro atoms. The summed E-state index contributed by atoms with van der Waals surface area (Å²) >= 11 is 0. The normalized spacial score (nSPS) is 12.7. The molecule has 0 saturated heterocycles. The summed E-state index contributed by atoms with van der Waals surface area (Å²) in [5, 5.41) is 0. The van der Waals surface area contributed by atoms with Crippen LogP contribution in [0.5, 0.6) is 0 Å². The first-order valence-electron chi connectivity index (χ1n) is 16.6.